The van der Waals surface area contributed by atoms with E-state index in [0.29, 0.717) is 6.54 Å². The molecule has 1 aliphatic heterocycles. The first kappa shape index (κ1) is 25.1. The number of hydrogen-bond donors (Lipinski definition) is 2. The summed E-state index contributed by atoms with van der Waals surface area (Å²) in [7, 11) is 3.37. The van der Waals surface area contributed by atoms with Crippen LogP contribution in [0.5, 0.6) is 5.75 Å². The van der Waals surface area contributed by atoms with Gasteiger partial charge in [0.05, 0.1) is 24.4 Å². The minimum absolute atomic E-state index is 0. The molecule has 2 N–H and O–H groups in total. The second kappa shape index (κ2) is 12.6. The fourth-order valence-corrected chi connectivity index (χ4v) is 3.62. The number of nitrogens with one attached hydrogen (secondary N) is 2. The molecule has 0 spiro atoms. The second-order valence-corrected chi connectivity index (χ2v) is 7.36. The van der Waals surface area contributed by atoms with Gasteiger partial charge in [-0.05, 0) is 29.8 Å². The molecule has 2 aromatic rings. The number of rotatable bonds is 6. The molecule has 1 fully saturated rings. The summed E-state index contributed by atoms with van der Waals surface area (Å²) in [4.78, 5) is 21.0. The van der Waals surface area contributed by atoms with Crippen molar-refractivity contribution < 1.29 is 9.53 Å². The summed E-state index contributed by atoms with van der Waals surface area (Å²) < 4.78 is 5.14. The molecule has 3 rings (SSSR count). The van der Waals surface area contributed by atoms with E-state index in [1.54, 1.807) is 14.2 Å². The quantitative estimate of drug-likeness (QED) is 0.325. The predicted octanol–water partition coefficient (Wildman–Crippen LogP) is 2.98. The molecule has 1 aliphatic rings. The molecule has 168 valence electrons. The molecule has 1 heterocycles. The number of methoxy groups -OCH3 is 1. The maximum absolute atomic E-state index is 12.2. The zero-order valence-electron chi connectivity index (χ0n) is 17.8. The van der Waals surface area contributed by atoms with Crippen molar-refractivity contribution in [3.8, 4) is 5.75 Å². The molecule has 0 aliphatic carbocycles. The lowest BCUT2D eigenvalue weighted by atomic mass is 10.2. The van der Waals surface area contributed by atoms with E-state index in [2.05, 4.69) is 25.4 Å². The van der Waals surface area contributed by atoms with Gasteiger partial charge in [0.25, 0.3) is 0 Å². The van der Waals surface area contributed by atoms with Gasteiger partial charge in [-0.2, -0.15) is 0 Å². The SMILES string of the molecule is CN=C(NCC(=O)NCc1ccc(OC)cc1)N1CCN(c2ccccc2Cl)CC1.I. The van der Waals surface area contributed by atoms with Gasteiger partial charge in [-0.25, -0.2) is 0 Å². The molecule has 7 nitrogen and oxygen atoms in total. The van der Waals surface area contributed by atoms with Gasteiger partial charge in [0.15, 0.2) is 5.96 Å². The Hall–Kier alpha value is -2.20. The normalized spacial score (nSPS) is 14.0. The van der Waals surface area contributed by atoms with Crippen molar-refractivity contribution in [3.05, 3.63) is 59.1 Å². The van der Waals surface area contributed by atoms with Gasteiger partial charge in [-0.3, -0.25) is 9.79 Å². The number of anilines is 1. The summed E-state index contributed by atoms with van der Waals surface area (Å²) in [6.45, 7) is 3.94. The van der Waals surface area contributed by atoms with Gasteiger partial charge in [0, 0.05) is 39.8 Å². The number of amides is 1. The number of nitrogens with zero attached hydrogens (tertiary/aromatic N) is 3. The lowest BCUT2D eigenvalue weighted by Crippen LogP contribution is -2.53. The standard InChI is InChI=1S/C22H28ClN5O2.HI/c1-24-22(26-16-21(29)25-15-17-7-9-18(30-2)10-8-17)28-13-11-27(12-14-28)20-6-4-3-5-19(20)23;/h3-10H,11-16H2,1-2H3,(H,24,26)(H,25,29);1H. The van der Waals surface area contributed by atoms with E-state index >= 15 is 0 Å². The van der Waals surface area contributed by atoms with Crippen LogP contribution < -0.4 is 20.3 Å². The van der Waals surface area contributed by atoms with Gasteiger partial charge < -0.3 is 25.2 Å². The van der Waals surface area contributed by atoms with E-state index in [0.717, 1.165) is 54.2 Å². The number of para-hydroxylation sites is 1. The van der Waals surface area contributed by atoms with Crippen molar-refractivity contribution >= 4 is 53.1 Å². The zero-order valence-corrected chi connectivity index (χ0v) is 20.9. The number of halogens is 2. The second-order valence-electron chi connectivity index (χ2n) is 6.95. The number of aliphatic imine (C=N–C) groups is 1. The van der Waals surface area contributed by atoms with Crippen LogP contribution in [0.1, 0.15) is 5.56 Å². The molecule has 0 unspecified atom stereocenters. The van der Waals surface area contributed by atoms with E-state index in [4.69, 9.17) is 16.3 Å². The van der Waals surface area contributed by atoms with Crippen molar-refractivity contribution in [1.29, 1.82) is 0 Å². The smallest absolute Gasteiger partial charge is 0.239 e. The number of carbonyl (C=O) groups excluding carboxylic acids is 1. The molecule has 2 aromatic carbocycles. The molecule has 0 radical (unpaired) electrons. The molecule has 0 bridgehead atoms. The van der Waals surface area contributed by atoms with Crippen LogP contribution in [0.15, 0.2) is 53.5 Å². The van der Waals surface area contributed by atoms with Crippen LogP contribution in [0.25, 0.3) is 0 Å². The van der Waals surface area contributed by atoms with Crippen molar-refractivity contribution in [2.24, 2.45) is 4.99 Å². The van der Waals surface area contributed by atoms with E-state index in [1.807, 2.05) is 48.5 Å². The third kappa shape index (κ3) is 7.17. The minimum Gasteiger partial charge on any atom is -0.497 e. The number of piperazine rings is 1. The van der Waals surface area contributed by atoms with Crippen LogP contribution in [-0.4, -0.2) is 63.6 Å². The summed E-state index contributed by atoms with van der Waals surface area (Å²) in [6, 6.07) is 15.5. The monoisotopic (exact) mass is 557 g/mol. The topological polar surface area (TPSA) is 69.2 Å². The number of hydrogen-bond acceptors (Lipinski definition) is 4. The molecule has 0 atom stereocenters. The van der Waals surface area contributed by atoms with E-state index in [9.17, 15) is 4.79 Å². The van der Waals surface area contributed by atoms with Gasteiger partial charge in [0.1, 0.15) is 5.75 Å². The largest absolute Gasteiger partial charge is 0.497 e. The number of ether oxygens (including phenoxy) is 1. The first-order valence-corrected chi connectivity index (χ1v) is 10.3. The lowest BCUT2D eigenvalue weighted by Gasteiger charge is -2.38. The fourth-order valence-electron chi connectivity index (χ4n) is 3.37. The molecule has 31 heavy (non-hydrogen) atoms. The highest BCUT2D eigenvalue weighted by molar-refractivity contribution is 14.0. The highest BCUT2D eigenvalue weighted by atomic mass is 127. The molecule has 0 aromatic heterocycles. The molecule has 9 heteroatoms. The Morgan fingerprint density at radius 1 is 1.06 bits per heavy atom. The molecule has 1 saturated heterocycles. The Morgan fingerprint density at radius 3 is 2.35 bits per heavy atom. The van der Waals surface area contributed by atoms with Gasteiger partial charge in [0.2, 0.25) is 5.91 Å². The summed E-state index contributed by atoms with van der Waals surface area (Å²) >= 11 is 6.32. The van der Waals surface area contributed by atoms with Crippen molar-refractivity contribution in [2.75, 3.05) is 51.8 Å². The van der Waals surface area contributed by atoms with Crippen LogP contribution in [0.2, 0.25) is 5.02 Å². The fraction of sp³-hybridized carbons (Fsp3) is 0.364. The minimum atomic E-state index is -0.0818. The first-order chi connectivity index (χ1) is 14.6. The third-order valence-electron chi connectivity index (χ3n) is 5.04. The van der Waals surface area contributed by atoms with Gasteiger partial charge in [-0.15, -0.1) is 24.0 Å². The van der Waals surface area contributed by atoms with E-state index in [1.165, 1.54) is 0 Å². The highest BCUT2D eigenvalue weighted by Gasteiger charge is 2.21. The third-order valence-corrected chi connectivity index (χ3v) is 5.36. The van der Waals surface area contributed by atoms with Crippen molar-refractivity contribution in [2.45, 2.75) is 6.54 Å². The summed E-state index contributed by atoms with van der Waals surface area (Å²) in [6.07, 6.45) is 0. The molecule has 0 saturated carbocycles. The van der Waals surface area contributed by atoms with E-state index < -0.39 is 0 Å². The number of carbonyl (C=O) groups is 1. The lowest BCUT2D eigenvalue weighted by molar-refractivity contribution is -0.120. The first-order valence-electron chi connectivity index (χ1n) is 9.95. The van der Waals surface area contributed by atoms with E-state index in [-0.39, 0.29) is 36.4 Å². The van der Waals surface area contributed by atoms with Crippen LogP contribution in [0.4, 0.5) is 5.69 Å². The Kier molecular flexibility index (Phi) is 10.2. The summed E-state index contributed by atoms with van der Waals surface area (Å²) in [5.74, 6) is 1.44. The molecule has 1 amide bonds. The van der Waals surface area contributed by atoms with Crippen molar-refractivity contribution in [3.63, 3.8) is 0 Å². The van der Waals surface area contributed by atoms with Crippen LogP contribution in [0.3, 0.4) is 0 Å². The van der Waals surface area contributed by atoms with Crippen molar-refractivity contribution in [1.82, 2.24) is 15.5 Å². The Labute approximate surface area is 205 Å². The summed E-state index contributed by atoms with van der Waals surface area (Å²) in [5, 5.41) is 6.84. The Bertz CT molecular complexity index is 870. The highest BCUT2D eigenvalue weighted by Crippen LogP contribution is 2.26. The Balaban J connectivity index is 0.00000341. The average molecular weight is 558 g/mol. The van der Waals surface area contributed by atoms with Crippen LogP contribution in [0, 0.1) is 0 Å². The van der Waals surface area contributed by atoms with Gasteiger partial charge in [-0.1, -0.05) is 35.9 Å². The molecular formula is C22H29ClIN5O2. The predicted molar refractivity (Wildman–Crippen MR) is 137 cm³/mol. The Morgan fingerprint density at radius 2 is 1.74 bits per heavy atom. The summed E-state index contributed by atoms with van der Waals surface area (Å²) in [5.41, 5.74) is 2.07. The number of benzene rings is 2. The van der Waals surface area contributed by atoms with Crippen LogP contribution in [-0.2, 0) is 11.3 Å². The maximum atomic E-state index is 12.2. The maximum Gasteiger partial charge on any atom is 0.239 e. The number of guanidine groups is 1. The average Bonchev–Trinajstić information content (AvgIpc) is 2.79. The van der Waals surface area contributed by atoms with Crippen LogP contribution >= 0.6 is 35.6 Å². The molecular weight excluding hydrogens is 529 g/mol. The van der Waals surface area contributed by atoms with Gasteiger partial charge >= 0.3 is 0 Å². The zero-order chi connectivity index (χ0) is 21.3.